The highest BCUT2D eigenvalue weighted by atomic mass is 16.6. The quantitative estimate of drug-likeness (QED) is 0.806. The highest BCUT2D eigenvalue weighted by Crippen LogP contribution is 2.22. The van der Waals surface area contributed by atoms with E-state index in [1.807, 2.05) is 61.5 Å². The van der Waals surface area contributed by atoms with Crippen molar-refractivity contribution in [3.05, 3.63) is 71.3 Å². The SMILES string of the molecule is Cc1ccc(C(NC(=O)CCNC(=O)OC(C)(C)C)c2ccccc2)cc1. The van der Waals surface area contributed by atoms with E-state index in [-0.39, 0.29) is 24.9 Å². The van der Waals surface area contributed by atoms with Gasteiger partial charge in [-0.3, -0.25) is 4.79 Å². The van der Waals surface area contributed by atoms with Gasteiger partial charge in [-0.1, -0.05) is 60.2 Å². The average Bonchev–Trinajstić information content (AvgIpc) is 2.60. The fourth-order valence-electron chi connectivity index (χ4n) is 2.59. The third-order valence-electron chi connectivity index (χ3n) is 3.87. The second-order valence-electron chi connectivity index (χ2n) is 7.50. The van der Waals surface area contributed by atoms with Gasteiger partial charge in [0.05, 0.1) is 6.04 Å². The molecule has 1 atom stereocenters. The Balaban J connectivity index is 1.98. The summed E-state index contributed by atoms with van der Waals surface area (Å²) in [4.78, 5) is 24.1. The lowest BCUT2D eigenvalue weighted by molar-refractivity contribution is -0.121. The number of rotatable bonds is 6. The van der Waals surface area contributed by atoms with Crippen LogP contribution >= 0.6 is 0 Å². The molecule has 2 aromatic rings. The van der Waals surface area contributed by atoms with E-state index in [0.29, 0.717) is 0 Å². The molecule has 1 unspecified atom stereocenters. The van der Waals surface area contributed by atoms with E-state index in [2.05, 4.69) is 10.6 Å². The Bertz CT molecular complexity index is 749. The van der Waals surface area contributed by atoms with Gasteiger partial charge in [-0.05, 0) is 38.8 Å². The number of alkyl carbamates (subject to hydrolysis) is 1. The van der Waals surface area contributed by atoms with Gasteiger partial charge in [0, 0.05) is 13.0 Å². The molecule has 2 rings (SSSR count). The van der Waals surface area contributed by atoms with Gasteiger partial charge in [-0.15, -0.1) is 0 Å². The van der Waals surface area contributed by atoms with Crippen LogP contribution in [0.5, 0.6) is 0 Å². The van der Waals surface area contributed by atoms with Gasteiger partial charge < -0.3 is 15.4 Å². The van der Waals surface area contributed by atoms with Crippen molar-refractivity contribution in [1.82, 2.24) is 10.6 Å². The normalized spacial score (nSPS) is 12.1. The van der Waals surface area contributed by atoms with Gasteiger partial charge in [0.1, 0.15) is 5.60 Å². The highest BCUT2D eigenvalue weighted by molar-refractivity contribution is 5.78. The Kier molecular flexibility index (Phi) is 6.99. The molecule has 5 nitrogen and oxygen atoms in total. The predicted molar refractivity (Wildman–Crippen MR) is 106 cm³/mol. The van der Waals surface area contributed by atoms with E-state index in [9.17, 15) is 9.59 Å². The van der Waals surface area contributed by atoms with Crippen LogP contribution in [0, 0.1) is 6.92 Å². The first-order chi connectivity index (χ1) is 12.7. The number of hydrogen-bond donors (Lipinski definition) is 2. The molecule has 5 heteroatoms. The third kappa shape index (κ3) is 7.13. The van der Waals surface area contributed by atoms with Gasteiger partial charge in [-0.25, -0.2) is 4.79 Å². The first-order valence-corrected chi connectivity index (χ1v) is 9.12. The van der Waals surface area contributed by atoms with E-state index in [4.69, 9.17) is 4.74 Å². The second kappa shape index (κ2) is 9.21. The monoisotopic (exact) mass is 368 g/mol. The number of amides is 2. The van der Waals surface area contributed by atoms with Crippen molar-refractivity contribution in [3.63, 3.8) is 0 Å². The van der Waals surface area contributed by atoms with E-state index < -0.39 is 11.7 Å². The lowest BCUT2D eigenvalue weighted by Crippen LogP contribution is -2.36. The van der Waals surface area contributed by atoms with Crippen LogP contribution in [0.2, 0.25) is 0 Å². The number of carbonyl (C=O) groups is 2. The molecule has 0 aliphatic carbocycles. The molecule has 2 aromatic carbocycles. The Labute approximate surface area is 161 Å². The number of benzene rings is 2. The van der Waals surface area contributed by atoms with Crippen molar-refractivity contribution in [1.29, 1.82) is 0 Å². The van der Waals surface area contributed by atoms with E-state index in [1.54, 1.807) is 20.8 Å². The largest absolute Gasteiger partial charge is 0.444 e. The Morgan fingerprint density at radius 2 is 1.56 bits per heavy atom. The fraction of sp³-hybridized carbons (Fsp3) is 0.364. The lowest BCUT2D eigenvalue weighted by atomic mass is 9.97. The zero-order chi connectivity index (χ0) is 19.9. The molecule has 0 spiro atoms. The van der Waals surface area contributed by atoms with E-state index in [0.717, 1.165) is 11.1 Å². The van der Waals surface area contributed by atoms with Crippen LogP contribution in [0.4, 0.5) is 4.79 Å². The van der Waals surface area contributed by atoms with Crippen molar-refractivity contribution in [2.45, 2.75) is 45.8 Å². The molecule has 2 amide bonds. The summed E-state index contributed by atoms with van der Waals surface area (Å²) < 4.78 is 5.17. The Morgan fingerprint density at radius 3 is 2.15 bits per heavy atom. The number of carbonyl (C=O) groups excluding carboxylic acids is 2. The summed E-state index contributed by atoms with van der Waals surface area (Å²) in [6, 6.07) is 17.7. The van der Waals surface area contributed by atoms with E-state index >= 15 is 0 Å². The molecule has 0 saturated heterocycles. The minimum Gasteiger partial charge on any atom is -0.444 e. The predicted octanol–water partition coefficient (Wildman–Crippen LogP) is 4.12. The zero-order valence-corrected chi connectivity index (χ0v) is 16.4. The molecule has 0 bridgehead atoms. The van der Waals surface area contributed by atoms with Crippen LogP contribution in [-0.2, 0) is 9.53 Å². The maximum Gasteiger partial charge on any atom is 0.407 e. The smallest absolute Gasteiger partial charge is 0.407 e. The minimum absolute atomic E-state index is 0.138. The number of nitrogens with one attached hydrogen (secondary N) is 2. The molecule has 0 aliphatic heterocycles. The maximum atomic E-state index is 12.4. The molecule has 0 aliphatic rings. The Morgan fingerprint density at radius 1 is 0.963 bits per heavy atom. The summed E-state index contributed by atoms with van der Waals surface area (Å²) >= 11 is 0. The molecule has 0 heterocycles. The van der Waals surface area contributed by atoms with Gasteiger partial charge in [0.2, 0.25) is 5.91 Å². The van der Waals surface area contributed by atoms with Crippen LogP contribution < -0.4 is 10.6 Å². The van der Waals surface area contributed by atoms with Crippen molar-refractivity contribution < 1.29 is 14.3 Å². The van der Waals surface area contributed by atoms with Crippen LogP contribution in [0.15, 0.2) is 54.6 Å². The molecule has 2 N–H and O–H groups in total. The average molecular weight is 368 g/mol. The summed E-state index contributed by atoms with van der Waals surface area (Å²) in [6.45, 7) is 7.64. The first-order valence-electron chi connectivity index (χ1n) is 9.12. The number of aryl methyl sites for hydroxylation is 1. The summed E-state index contributed by atoms with van der Waals surface area (Å²) in [5.41, 5.74) is 2.63. The van der Waals surface area contributed by atoms with Crippen molar-refractivity contribution in [3.8, 4) is 0 Å². The van der Waals surface area contributed by atoms with Crippen LogP contribution in [-0.4, -0.2) is 24.1 Å². The molecular weight excluding hydrogens is 340 g/mol. The summed E-state index contributed by atoms with van der Waals surface area (Å²) in [5.74, 6) is -0.138. The highest BCUT2D eigenvalue weighted by Gasteiger charge is 2.18. The fourth-order valence-corrected chi connectivity index (χ4v) is 2.59. The Hall–Kier alpha value is -2.82. The van der Waals surface area contributed by atoms with Crippen LogP contribution in [0.3, 0.4) is 0 Å². The van der Waals surface area contributed by atoms with E-state index in [1.165, 1.54) is 5.56 Å². The molecular formula is C22H28N2O3. The van der Waals surface area contributed by atoms with Gasteiger partial charge in [-0.2, -0.15) is 0 Å². The van der Waals surface area contributed by atoms with Crippen molar-refractivity contribution >= 4 is 12.0 Å². The summed E-state index contributed by atoms with van der Waals surface area (Å²) in [5, 5.41) is 5.67. The van der Waals surface area contributed by atoms with Crippen LogP contribution in [0.1, 0.15) is 49.9 Å². The molecule has 0 aromatic heterocycles. The molecule has 0 fully saturated rings. The molecule has 0 radical (unpaired) electrons. The van der Waals surface area contributed by atoms with Crippen molar-refractivity contribution in [2.24, 2.45) is 0 Å². The second-order valence-corrected chi connectivity index (χ2v) is 7.50. The lowest BCUT2D eigenvalue weighted by Gasteiger charge is -2.21. The van der Waals surface area contributed by atoms with Gasteiger partial charge >= 0.3 is 6.09 Å². The summed E-state index contributed by atoms with van der Waals surface area (Å²) in [6.07, 6.45) is -0.345. The molecule has 144 valence electrons. The summed E-state index contributed by atoms with van der Waals surface area (Å²) in [7, 11) is 0. The number of hydrogen-bond acceptors (Lipinski definition) is 3. The van der Waals surface area contributed by atoms with Gasteiger partial charge in [0.25, 0.3) is 0 Å². The van der Waals surface area contributed by atoms with Gasteiger partial charge in [0.15, 0.2) is 0 Å². The zero-order valence-electron chi connectivity index (χ0n) is 16.4. The minimum atomic E-state index is -0.559. The molecule has 0 saturated carbocycles. The first kappa shape index (κ1) is 20.5. The maximum absolute atomic E-state index is 12.4. The third-order valence-corrected chi connectivity index (χ3v) is 3.87. The van der Waals surface area contributed by atoms with Crippen LogP contribution in [0.25, 0.3) is 0 Å². The van der Waals surface area contributed by atoms with Crippen molar-refractivity contribution in [2.75, 3.05) is 6.54 Å². The standard InChI is InChI=1S/C22H28N2O3/c1-16-10-12-18(13-11-16)20(17-8-6-5-7-9-17)24-19(25)14-15-23-21(26)27-22(2,3)4/h5-13,20H,14-15H2,1-4H3,(H,23,26)(H,24,25). The number of ether oxygens (including phenoxy) is 1. The molecule has 27 heavy (non-hydrogen) atoms. The topological polar surface area (TPSA) is 67.4 Å².